The van der Waals surface area contributed by atoms with Crippen LogP contribution in [0.2, 0.25) is 0 Å². The lowest BCUT2D eigenvalue weighted by Crippen LogP contribution is -2.26. The van der Waals surface area contributed by atoms with E-state index in [0.717, 1.165) is 4.57 Å². The first-order valence-corrected chi connectivity index (χ1v) is 4.52. The van der Waals surface area contributed by atoms with Crippen LogP contribution in [0.25, 0.3) is 5.69 Å². The molecule has 2 rings (SSSR count). The Morgan fingerprint density at radius 3 is 2.44 bits per heavy atom. The van der Waals surface area contributed by atoms with Gasteiger partial charge in [-0.15, -0.1) is 0 Å². The molecule has 0 saturated heterocycles. The number of hydrogen-bond donors (Lipinski definition) is 3. The van der Waals surface area contributed by atoms with Gasteiger partial charge in [-0.1, -0.05) is 6.07 Å². The summed E-state index contributed by atoms with van der Waals surface area (Å²) in [5, 5.41) is 4.23. The summed E-state index contributed by atoms with van der Waals surface area (Å²) >= 11 is 0. The molecular formula is C9H9FN4O2. The van der Waals surface area contributed by atoms with Crippen molar-refractivity contribution in [2.45, 2.75) is 6.54 Å². The van der Waals surface area contributed by atoms with Crippen LogP contribution in [0.4, 0.5) is 4.39 Å². The van der Waals surface area contributed by atoms with Crippen LogP contribution in [0.1, 0.15) is 5.56 Å². The molecule has 1 heterocycles. The Morgan fingerprint density at radius 2 is 1.88 bits per heavy atom. The van der Waals surface area contributed by atoms with Crippen molar-refractivity contribution in [3.63, 3.8) is 0 Å². The normalized spacial score (nSPS) is 10.6. The van der Waals surface area contributed by atoms with Gasteiger partial charge in [0.05, 0.1) is 5.69 Å². The molecule has 7 heteroatoms. The Hall–Kier alpha value is -2.15. The molecule has 16 heavy (non-hydrogen) atoms. The smallest absolute Gasteiger partial charge is 0.326 e. The zero-order valence-corrected chi connectivity index (χ0v) is 8.16. The Labute approximate surface area is 88.5 Å². The predicted molar refractivity (Wildman–Crippen MR) is 54.9 cm³/mol. The zero-order chi connectivity index (χ0) is 11.7. The fourth-order valence-electron chi connectivity index (χ4n) is 1.49. The molecule has 0 aliphatic rings. The van der Waals surface area contributed by atoms with Crippen LogP contribution >= 0.6 is 0 Å². The SMILES string of the molecule is NCc1c(F)cccc1-n1c(=O)[nH][nH]c1=O. The van der Waals surface area contributed by atoms with E-state index in [1.807, 2.05) is 0 Å². The van der Waals surface area contributed by atoms with Gasteiger partial charge in [0.1, 0.15) is 5.82 Å². The van der Waals surface area contributed by atoms with Crippen LogP contribution in [-0.2, 0) is 6.54 Å². The summed E-state index contributed by atoms with van der Waals surface area (Å²) in [6.07, 6.45) is 0. The number of nitrogens with one attached hydrogen (secondary N) is 2. The van der Waals surface area contributed by atoms with Gasteiger partial charge in [-0.25, -0.2) is 28.7 Å². The lowest BCUT2D eigenvalue weighted by molar-refractivity contribution is 0.608. The minimum absolute atomic E-state index is 0.0981. The molecule has 0 amide bonds. The molecule has 0 fully saturated rings. The van der Waals surface area contributed by atoms with Crippen molar-refractivity contribution in [2.24, 2.45) is 5.73 Å². The van der Waals surface area contributed by atoms with Crippen LogP contribution in [0, 0.1) is 5.82 Å². The number of nitrogens with zero attached hydrogens (tertiary/aromatic N) is 1. The van der Waals surface area contributed by atoms with Crippen molar-refractivity contribution in [1.29, 1.82) is 0 Å². The third-order valence-corrected chi connectivity index (χ3v) is 2.22. The number of rotatable bonds is 2. The molecule has 0 saturated carbocycles. The van der Waals surface area contributed by atoms with E-state index in [9.17, 15) is 14.0 Å². The molecule has 0 aliphatic heterocycles. The van der Waals surface area contributed by atoms with Gasteiger partial charge in [0.25, 0.3) is 0 Å². The van der Waals surface area contributed by atoms with Gasteiger partial charge in [-0.2, -0.15) is 0 Å². The van der Waals surface area contributed by atoms with Crippen molar-refractivity contribution >= 4 is 0 Å². The average Bonchev–Trinajstić information content (AvgIpc) is 2.58. The molecule has 0 spiro atoms. The minimum Gasteiger partial charge on any atom is -0.326 e. The molecule has 0 aliphatic carbocycles. The number of hydrogen-bond acceptors (Lipinski definition) is 3. The molecule has 2 aromatic rings. The second-order valence-electron chi connectivity index (χ2n) is 3.14. The molecule has 0 atom stereocenters. The molecule has 0 bridgehead atoms. The lowest BCUT2D eigenvalue weighted by atomic mass is 10.1. The number of aromatic nitrogens is 3. The highest BCUT2D eigenvalue weighted by Crippen LogP contribution is 2.14. The number of H-pyrrole nitrogens is 2. The predicted octanol–water partition coefficient (Wildman–Crippen LogP) is -0.548. The average molecular weight is 224 g/mol. The van der Waals surface area contributed by atoms with E-state index in [2.05, 4.69) is 10.2 Å². The number of aromatic amines is 2. The van der Waals surface area contributed by atoms with Gasteiger partial charge in [0.2, 0.25) is 0 Å². The minimum atomic E-state index is -0.662. The van der Waals surface area contributed by atoms with E-state index < -0.39 is 17.2 Å². The van der Waals surface area contributed by atoms with Crippen LogP contribution in [-0.4, -0.2) is 14.8 Å². The first kappa shape index (κ1) is 10.4. The Morgan fingerprint density at radius 1 is 1.25 bits per heavy atom. The quantitative estimate of drug-likeness (QED) is 0.638. The van der Waals surface area contributed by atoms with Gasteiger partial charge < -0.3 is 5.73 Å². The summed E-state index contributed by atoms with van der Waals surface area (Å²) < 4.78 is 14.2. The van der Waals surface area contributed by atoms with Crippen LogP contribution in [0.3, 0.4) is 0 Å². The highest BCUT2D eigenvalue weighted by Gasteiger charge is 2.12. The second-order valence-corrected chi connectivity index (χ2v) is 3.14. The number of halogens is 1. The molecule has 4 N–H and O–H groups in total. The summed E-state index contributed by atoms with van der Waals surface area (Å²) in [6, 6.07) is 4.08. The van der Waals surface area contributed by atoms with Crippen molar-refractivity contribution in [3.05, 3.63) is 50.5 Å². The fourth-order valence-corrected chi connectivity index (χ4v) is 1.49. The second kappa shape index (κ2) is 3.78. The Bertz CT molecular complexity index is 597. The highest BCUT2D eigenvalue weighted by atomic mass is 19.1. The van der Waals surface area contributed by atoms with Crippen LogP contribution < -0.4 is 17.1 Å². The van der Waals surface area contributed by atoms with E-state index in [0.29, 0.717) is 0 Å². The summed E-state index contributed by atoms with van der Waals surface area (Å²) in [4.78, 5) is 22.7. The van der Waals surface area contributed by atoms with Gasteiger partial charge in [-0.05, 0) is 12.1 Å². The summed E-state index contributed by atoms with van der Waals surface area (Å²) in [6.45, 7) is -0.0981. The first-order chi connectivity index (χ1) is 7.65. The van der Waals surface area contributed by atoms with Crippen molar-refractivity contribution < 1.29 is 4.39 Å². The summed E-state index contributed by atoms with van der Waals surface area (Å²) in [5.41, 5.74) is 4.32. The largest absolute Gasteiger partial charge is 0.348 e. The monoisotopic (exact) mass is 224 g/mol. The van der Waals surface area contributed by atoms with Crippen LogP contribution in [0.5, 0.6) is 0 Å². The maximum Gasteiger partial charge on any atom is 0.348 e. The van der Waals surface area contributed by atoms with Gasteiger partial charge in [0, 0.05) is 12.1 Å². The third-order valence-electron chi connectivity index (χ3n) is 2.22. The fraction of sp³-hybridized carbons (Fsp3) is 0.111. The van der Waals surface area contributed by atoms with Crippen LogP contribution in [0.15, 0.2) is 27.8 Å². The van der Waals surface area contributed by atoms with E-state index in [1.165, 1.54) is 18.2 Å². The lowest BCUT2D eigenvalue weighted by Gasteiger charge is -2.06. The summed E-state index contributed by atoms with van der Waals surface area (Å²) in [5.74, 6) is -0.549. The van der Waals surface area contributed by atoms with Gasteiger partial charge in [0.15, 0.2) is 0 Å². The van der Waals surface area contributed by atoms with Gasteiger partial charge >= 0.3 is 11.4 Å². The Balaban J connectivity index is 2.79. The van der Waals surface area contributed by atoms with E-state index in [1.54, 1.807) is 0 Å². The first-order valence-electron chi connectivity index (χ1n) is 4.52. The zero-order valence-electron chi connectivity index (χ0n) is 8.16. The number of benzene rings is 1. The molecule has 1 aromatic carbocycles. The third kappa shape index (κ3) is 1.47. The van der Waals surface area contributed by atoms with E-state index >= 15 is 0 Å². The number of nitrogens with two attached hydrogens (primary N) is 1. The highest BCUT2D eigenvalue weighted by molar-refractivity contribution is 5.41. The molecular weight excluding hydrogens is 215 g/mol. The van der Waals surface area contributed by atoms with Crippen molar-refractivity contribution in [1.82, 2.24) is 14.8 Å². The molecule has 1 aromatic heterocycles. The molecule has 0 unspecified atom stereocenters. The maximum absolute atomic E-state index is 13.4. The van der Waals surface area contributed by atoms with E-state index in [-0.39, 0.29) is 17.8 Å². The standard InChI is InChI=1S/C9H9FN4O2/c10-6-2-1-3-7(5(6)4-11)14-8(15)12-13-9(14)16/h1-3H,4,11H2,(H,12,15)(H,13,16). The summed E-state index contributed by atoms with van der Waals surface area (Å²) in [7, 11) is 0. The van der Waals surface area contributed by atoms with Gasteiger partial charge in [-0.3, -0.25) is 0 Å². The maximum atomic E-state index is 13.4. The topological polar surface area (TPSA) is 96.7 Å². The van der Waals surface area contributed by atoms with Crippen molar-refractivity contribution in [2.75, 3.05) is 0 Å². The van der Waals surface area contributed by atoms with E-state index in [4.69, 9.17) is 5.73 Å². The van der Waals surface area contributed by atoms with Crippen molar-refractivity contribution in [3.8, 4) is 5.69 Å². The Kier molecular flexibility index (Phi) is 2.45. The molecule has 6 nitrogen and oxygen atoms in total. The molecule has 84 valence electrons. The molecule has 0 radical (unpaired) electrons.